The number of carbonyl (C=O) groups is 2. The SMILES string of the molecule is CCCC(NC(=O)C(NCc1ccccc1)C(C)C)C(=O)O. The molecule has 0 fully saturated rings. The Bertz CT molecular complexity index is 474. The fraction of sp³-hybridized carbons (Fsp3) is 0.529. The molecule has 5 heteroatoms. The van der Waals surface area contributed by atoms with Crippen LogP contribution in [0.1, 0.15) is 39.2 Å². The average molecular weight is 306 g/mol. The van der Waals surface area contributed by atoms with Gasteiger partial charge in [-0.15, -0.1) is 0 Å². The Hall–Kier alpha value is -1.88. The number of carbonyl (C=O) groups excluding carboxylic acids is 1. The zero-order valence-electron chi connectivity index (χ0n) is 13.5. The number of carboxylic acid groups (broad SMARTS) is 1. The molecule has 2 atom stereocenters. The number of nitrogens with one attached hydrogen (secondary N) is 2. The Balaban J connectivity index is 2.65. The largest absolute Gasteiger partial charge is 0.480 e. The summed E-state index contributed by atoms with van der Waals surface area (Å²) in [4.78, 5) is 23.5. The first kappa shape index (κ1) is 18.2. The van der Waals surface area contributed by atoms with Gasteiger partial charge in [0.25, 0.3) is 0 Å². The fourth-order valence-corrected chi connectivity index (χ4v) is 2.26. The summed E-state index contributed by atoms with van der Waals surface area (Å²) in [5.41, 5.74) is 1.09. The first-order valence-electron chi connectivity index (χ1n) is 7.76. The molecule has 0 bridgehead atoms. The van der Waals surface area contributed by atoms with Crippen LogP contribution >= 0.6 is 0 Å². The van der Waals surface area contributed by atoms with Gasteiger partial charge >= 0.3 is 5.97 Å². The van der Waals surface area contributed by atoms with E-state index < -0.39 is 18.1 Å². The van der Waals surface area contributed by atoms with Crippen molar-refractivity contribution in [3.05, 3.63) is 35.9 Å². The quantitative estimate of drug-likeness (QED) is 0.653. The fourth-order valence-electron chi connectivity index (χ4n) is 2.26. The summed E-state index contributed by atoms with van der Waals surface area (Å²) in [6.07, 6.45) is 1.14. The Kier molecular flexibility index (Phi) is 7.60. The van der Waals surface area contributed by atoms with Crippen LogP contribution in [0.15, 0.2) is 30.3 Å². The second-order valence-corrected chi connectivity index (χ2v) is 5.78. The minimum absolute atomic E-state index is 0.0692. The standard InChI is InChI=1S/C17H26N2O3/c1-4-8-14(17(21)22)19-16(20)15(12(2)3)18-11-13-9-6-5-7-10-13/h5-7,9-10,12,14-15,18H,4,8,11H2,1-3H3,(H,19,20)(H,21,22). The molecule has 0 heterocycles. The molecule has 1 rings (SSSR count). The van der Waals surface area contributed by atoms with E-state index in [0.717, 1.165) is 5.56 Å². The zero-order chi connectivity index (χ0) is 16.5. The Morgan fingerprint density at radius 3 is 2.32 bits per heavy atom. The van der Waals surface area contributed by atoms with E-state index >= 15 is 0 Å². The van der Waals surface area contributed by atoms with E-state index in [9.17, 15) is 9.59 Å². The maximum atomic E-state index is 12.4. The molecular weight excluding hydrogens is 280 g/mol. The number of benzene rings is 1. The maximum Gasteiger partial charge on any atom is 0.326 e. The number of carboxylic acids is 1. The Labute approximate surface area is 132 Å². The lowest BCUT2D eigenvalue weighted by Crippen LogP contribution is -2.52. The van der Waals surface area contributed by atoms with Crippen LogP contribution in [0.5, 0.6) is 0 Å². The van der Waals surface area contributed by atoms with Crippen molar-refractivity contribution >= 4 is 11.9 Å². The van der Waals surface area contributed by atoms with Crippen molar-refractivity contribution in [2.24, 2.45) is 5.92 Å². The van der Waals surface area contributed by atoms with Crippen molar-refractivity contribution in [1.29, 1.82) is 0 Å². The van der Waals surface area contributed by atoms with E-state index in [-0.39, 0.29) is 11.8 Å². The molecule has 0 aromatic heterocycles. The molecule has 5 nitrogen and oxygen atoms in total. The third-order valence-corrected chi connectivity index (χ3v) is 3.51. The van der Waals surface area contributed by atoms with Gasteiger partial charge in [-0.2, -0.15) is 0 Å². The molecule has 2 unspecified atom stereocenters. The first-order chi connectivity index (χ1) is 10.5. The van der Waals surface area contributed by atoms with Crippen molar-refractivity contribution in [3.8, 4) is 0 Å². The lowest BCUT2D eigenvalue weighted by Gasteiger charge is -2.24. The highest BCUT2D eigenvalue weighted by Gasteiger charge is 2.26. The summed E-state index contributed by atoms with van der Waals surface area (Å²) < 4.78 is 0. The molecule has 22 heavy (non-hydrogen) atoms. The number of aliphatic carboxylic acids is 1. The molecule has 0 saturated carbocycles. The normalized spacial score (nSPS) is 13.6. The van der Waals surface area contributed by atoms with Crippen LogP contribution in [-0.4, -0.2) is 29.1 Å². The van der Waals surface area contributed by atoms with Gasteiger partial charge in [-0.1, -0.05) is 57.5 Å². The van der Waals surface area contributed by atoms with Crippen molar-refractivity contribution in [1.82, 2.24) is 10.6 Å². The second-order valence-electron chi connectivity index (χ2n) is 5.78. The van der Waals surface area contributed by atoms with Gasteiger partial charge in [0.2, 0.25) is 5.91 Å². The van der Waals surface area contributed by atoms with Gasteiger partial charge in [0.05, 0.1) is 6.04 Å². The van der Waals surface area contributed by atoms with Crippen molar-refractivity contribution < 1.29 is 14.7 Å². The molecule has 0 radical (unpaired) electrons. The molecular formula is C17H26N2O3. The van der Waals surface area contributed by atoms with E-state index in [1.807, 2.05) is 51.1 Å². The molecule has 1 aromatic carbocycles. The summed E-state index contributed by atoms with van der Waals surface area (Å²) in [5, 5.41) is 15.0. The van der Waals surface area contributed by atoms with Crippen molar-refractivity contribution in [3.63, 3.8) is 0 Å². The second kappa shape index (κ2) is 9.20. The highest BCUT2D eigenvalue weighted by Crippen LogP contribution is 2.06. The summed E-state index contributed by atoms with van der Waals surface area (Å²) >= 11 is 0. The van der Waals surface area contributed by atoms with Crippen LogP contribution in [0.4, 0.5) is 0 Å². The summed E-state index contributed by atoms with van der Waals surface area (Å²) in [5.74, 6) is -1.17. The number of hydrogen-bond donors (Lipinski definition) is 3. The van der Waals surface area contributed by atoms with E-state index in [1.54, 1.807) is 0 Å². The first-order valence-corrected chi connectivity index (χ1v) is 7.76. The summed E-state index contributed by atoms with van der Waals surface area (Å²) in [6, 6.07) is 8.57. The van der Waals surface area contributed by atoms with E-state index in [2.05, 4.69) is 10.6 Å². The van der Waals surface area contributed by atoms with E-state index in [1.165, 1.54) is 0 Å². The van der Waals surface area contributed by atoms with E-state index in [4.69, 9.17) is 5.11 Å². The lowest BCUT2D eigenvalue weighted by atomic mass is 10.0. The predicted molar refractivity (Wildman–Crippen MR) is 86.4 cm³/mol. The van der Waals surface area contributed by atoms with Gasteiger partial charge in [-0.05, 0) is 17.9 Å². The molecule has 0 spiro atoms. The molecule has 0 aliphatic heterocycles. The number of hydrogen-bond acceptors (Lipinski definition) is 3. The minimum Gasteiger partial charge on any atom is -0.480 e. The molecule has 122 valence electrons. The molecule has 0 aliphatic carbocycles. The zero-order valence-corrected chi connectivity index (χ0v) is 13.5. The lowest BCUT2D eigenvalue weighted by molar-refractivity contribution is -0.142. The van der Waals surface area contributed by atoms with Crippen molar-refractivity contribution in [2.45, 2.75) is 52.2 Å². The van der Waals surface area contributed by atoms with Crippen LogP contribution < -0.4 is 10.6 Å². The molecule has 1 amide bonds. The van der Waals surface area contributed by atoms with Crippen LogP contribution in [0.2, 0.25) is 0 Å². The van der Waals surface area contributed by atoms with Gasteiger partial charge in [0.15, 0.2) is 0 Å². The van der Waals surface area contributed by atoms with Crippen LogP contribution in [0.3, 0.4) is 0 Å². The smallest absolute Gasteiger partial charge is 0.326 e. The number of amides is 1. The predicted octanol–water partition coefficient (Wildman–Crippen LogP) is 2.17. The topological polar surface area (TPSA) is 78.4 Å². The summed E-state index contributed by atoms with van der Waals surface area (Å²) in [6.45, 7) is 6.36. The third kappa shape index (κ3) is 5.85. The van der Waals surface area contributed by atoms with Crippen LogP contribution in [-0.2, 0) is 16.1 Å². The molecule has 1 aromatic rings. The maximum absolute atomic E-state index is 12.4. The highest BCUT2D eigenvalue weighted by molar-refractivity contribution is 5.87. The third-order valence-electron chi connectivity index (χ3n) is 3.51. The summed E-state index contributed by atoms with van der Waals surface area (Å²) in [7, 11) is 0. The molecule has 0 aliphatic rings. The van der Waals surface area contributed by atoms with Crippen LogP contribution in [0, 0.1) is 5.92 Å². The van der Waals surface area contributed by atoms with Crippen LogP contribution in [0.25, 0.3) is 0 Å². The van der Waals surface area contributed by atoms with E-state index in [0.29, 0.717) is 19.4 Å². The average Bonchev–Trinajstić information content (AvgIpc) is 2.47. The monoisotopic (exact) mass is 306 g/mol. The van der Waals surface area contributed by atoms with Gasteiger partial charge in [0.1, 0.15) is 6.04 Å². The molecule has 3 N–H and O–H groups in total. The highest BCUT2D eigenvalue weighted by atomic mass is 16.4. The van der Waals surface area contributed by atoms with Crippen molar-refractivity contribution in [2.75, 3.05) is 0 Å². The Morgan fingerprint density at radius 1 is 1.18 bits per heavy atom. The van der Waals surface area contributed by atoms with Gasteiger partial charge < -0.3 is 15.7 Å². The minimum atomic E-state index is -0.985. The van der Waals surface area contributed by atoms with Gasteiger partial charge in [-0.25, -0.2) is 4.79 Å². The Morgan fingerprint density at radius 2 is 1.82 bits per heavy atom. The van der Waals surface area contributed by atoms with Gasteiger partial charge in [-0.3, -0.25) is 4.79 Å². The number of rotatable bonds is 9. The van der Waals surface area contributed by atoms with Gasteiger partial charge in [0, 0.05) is 6.54 Å². The molecule has 0 saturated heterocycles.